The summed E-state index contributed by atoms with van der Waals surface area (Å²) in [6, 6.07) is 0. The van der Waals surface area contributed by atoms with Gasteiger partial charge in [0.1, 0.15) is 12.7 Å². The number of allylic oxidation sites excluding steroid dienone is 8. The number of hydrogen-bond donors (Lipinski definition) is 2. The summed E-state index contributed by atoms with van der Waals surface area (Å²) in [5.41, 5.74) is 0. The van der Waals surface area contributed by atoms with Crippen LogP contribution in [0.1, 0.15) is 278 Å². The normalized spacial score (nSPS) is 13.7. The summed E-state index contributed by atoms with van der Waals surface area (Å²) >= 11 is 0. The highest BCUT2D eigenvalue weighted by Crippen LogP contribution is 2.43. The van der Waals surface area contributed by atoms with E-state index in [0.29, 0.717) is 19.3 Å². The molecule has 0 aliphatic rings. The Morgan fingerprint density at radius 1 is 0.389 bits per heavy atom. The van der Waals surface area contributed by atoms with Crippen LogP contribution in [0.25, 0.3) is 0 Å². The number of carbonyl (C=O) groups excluding carboxylic acids is 3. The molecule has 0 bridgehead atoms. The molecule has 0 aromatic heterocycles. The molecule has 0 spiro atoms. The van der Waals surface area contributed by atoms with Gasteiger partial charge >= 0.3 is 25.7 Å². The molecule has 0 aliphatic carbocycles. The number of esters is 3. The molecule has 12 heteroatoms. The van der Waals surface area contributed by atoms with Crippen molar-refractivity contribution in [2.24, 2.45) is 0 Å². The average Bonchev–Trinajstić information content (AvgIpc) is 3.37. The summed E-state index contributed by atoms with van der Waals surface area (Å²) in [6.45, 7) is 4.60. The Morgan fingerprint density at radius 3 is 1.08 bits per heavy atom. The third-order valence-electron chi connectivity index (χ3n) is 12.7. The van der Waals surface area contributed by atoms with Crippen molar-refractivity contribution in [1.29, 1.82) is 0 Å². The number of carbonyl (C=O) groups is 3. The van der Waals surface area contributed by atoms with Crippen molar-refractivity contribution in [1.82, 2.24) is 0 Å². The van der Waals surface area contributed by atoms with Crippen LogP contribution in [0.5, 0.6) is 0 Å². The van der Waals surface area contributed by atoms with Crippen LogP contribution in [0.15, 0.2) is 48.6 Å². The van der Waals surface area contributed by atoms with Crippen LogP contribution in [0.2, 0.25) is 0 Å². The fourth-order valence-electron chi connectivity index (χ4n) is 8.18. The highest BCUT2D eigenvalue weighted by atomic mass is 31.2. The number of unbranched alkanes of at least 4 members (excludes halogenated alkanes) is 30. The zero-order valence-corrected chi connectivity index (χ0v) is 47.3. The van der Waals surface area contributed by atoms with Gasteiger partial charge in [0.2, 0.25) is 0 Å². The molecule has 0 aromatic rings. The van der Waals surface area contributed by atoms with E-state index in [-0.39, 0.29) is 25.9 Å². The van der Waals surface area contributed by atoms with E-state index in [1.165, 1.54) is 122 Å². The molecule has 11 nitrogen and oxygen atoms in total. The molecule has 0 radical (unpaired) electrons. The van der Waals surface area contributed by atoms with Crippen LogP contribution in [-0.4, -0.2) is 66.5 Å². The maximum atomic E-state index is 12.9. The zero-order valence-electron chi connectivity index (χ0n) is 46.4. The van der Waals surface area contributed by atoms with Crippen molar-refractivity contribution in [2.45, 2.75) is 290 Å². The Hall–Kier alpha value is -2.56. The van der Waals surface area contributed by atoms with Gasteiger partial charge in [-0.05, 0) is 83.5 Å². The van der Waals surface area contributed by atoms with Crippen molar-refractivity contribution >= 4 is 25.7 Å². The molecule has 0 rings (SSSR count). The second-order valence-corrected chi connectivity index (χ2v) is 21.3. The Bertz CT molecular complexity index is 1400. The molecule has 3 unspecified atom stereocenters. The minimum absolute atomic E-state index is 0.161. The molecule has 0 aromatic carbocycles. The molecular weight excluding hydrogens is 928 g/mol. The monoisotopic (exact) mass is 1040 g/mol. The summed E-state index contributed by atoms with van der Waals surface area (Å²) < 4.78 is 39.5. The van der Waals surface area contributed by atoms with Crippen molar-refractivity contribution in [3.05, 3.63) is 48.6 Å². The van der Waals surface area contributed by atoms with Gasteiger partial charge in [-0.3, -0.25) is 23.4 Å². The van der Waals surface area contributed by atoms with Gasteiger partial charge in [0.25, 0.3) is 0 Å². The van der Waals surface area contributed by atoms with Gasteiger partial charge in [-0.1, -0.05) is 223 Å². The van der Waals surface area contributed by atoms with E-state index in [4.69, 9.17) is 23.3 Å². The number of rotatable bonds is 55. The minimum Gasteiger partial charge on any atom is -0.462 e. The molecule has 3 atom stereocenters. The first-order valence-electron chi connectivity index (χ1n) is 29.5. The highest BCUT2D eigenvalue weighted by Gasteiger charge is 2.28. The van der Waals surface area contributed by atoms with Crippen molar-refractivity contribution in [3.63, 3.8) is 0 Å². The van der Waals surface area contributed by atoms with Crippen molar-refractivity contribution in [2.75, 3.05) is 26.4 Å². The Balaban J connectivity index is 4.72. The largest absolute Gasteiger partial charge is 0.472 e. The SMILES string of the molecule is CCCCC/C=C\C/C=C\C/C=C\CCCCCCCCC(=O)OCC(COP(=O)(O)OCC(CO)OC(=O)CCCCCCCCCCC)OC(=O)CCCCCCCCC/C=C\CCCCCCCC. The lowest BCUT2D eigenvalue weighted by molar-refractivity contribution is -0.161. The molecule has 0 fully saturated rings. The van der Waals surface area contributed by atoms with Crippen molar-refractivity contribution < 1.29 is 52.2 Å². The summed E-state index contributed by atoms with van der Waals surface area (Å²) in [6.07, 6.45) is 57.9. The topological polar surface area (TPSA) is 155 Å². The van der Waals surface area contributed by atoms with Crippen LogP contribution in [0.3, 0.4) is 0 Å². The maximum Gasteiger partial charge on any atom is 0.472 e. The van der Waals surface area contributed by atoms with Gasteiger partial charge in [0.05, 0.1) is 19.8 Å². The van der Waals surface area contributed by atoms with E-state index < -0.39 is 57.8 Å². The van der Waals surface area contributed by atoms with E-state index in [1.807, 2.05) is 0 Å². The number of aliphatic hydroxyl groups excluding tert-OH is 1. The molecule has 0 aliphatic heterocycles. The van der Waals surface area contributed by atoms with Gasteiger partial charge < -0.3 is 24.2 Å². The first-order chi connectivity index (χ1) is 35.2. The molecule has 0 saturated carbocycles. The third-order valence-corrected chi connectivity index (χ3v) is 13.7. The van der Waals surface area contributed by atoms with Crippen LogP contribution >= 0.6 is 7.82 Å². The summed E-state index contributed by atoms with van der Waals surface area (Å²) in [7, 11) is -4.74. The molecule has 0 amide bonds. The number of aliphatic hydroxyl groups is 1. The first kappa shape index (κ1) is 69.4. The Kier molecular flexibility index (Phi) is 52.7. The molecule has 72 heavy (non-hydrogen) atoms. The fraction of sp³-hybridized carbons (Fsp3) is 0.817. The van der Waals surface area contributed by atoms with E-state index in [1.54, 1.807) is 0 Å². The summed E-state index contributed by atoms with van der Waals surface area (Å²) in [5.74, 6) is -1.47. The summed E-state index contributed by atoms with van der Waals surface area (Å²) in [5, 5.41) is 9.78. The van der Waals surface area contributed by atoms with Crippen LogP contribution in [0, 0.1) is 0 Å². The van der Waals surface area contributed by atoms with Gasteiger partial charge in [0.15, 0.2) is 6.10 Å². The lowest BCUT2D eigenvalue weighted by Gasteiger charge is -2.21. The van der Waals surface area contributed by atoms with Gasteiger partial charge in [-0.25, -0.2) is 4.57 Å². The van der Waals surface area contributed by atoms with Crippen LogP contribution < -0.4 is 0 Å². The van der Waals surface area contributed by atoms with E-state index in [2.05, 4.69) is 69.4 Å². The standard InChI is InChI=1S/C60H109O11P/c1-4-7-10-13-16-19-21-23-25-27-28-30-31-33-35-38-40-43-46-49-58(62)67-53-57(71-60(64)51-48-45-42-39-36-34-32-29-26-24-22-20-17-14-11-8-5-2)55-69-72(65,66)68-54-56(52-61)70-59(63)50-47-44-41-37-18-15-12-9-6-3/h16,19,23-26,28,30,56-57,61H,4-15,17-18,20-22,27,29,31-55H2,1-3H3,(H,65,66)/b19-16-,25-23-,26-24-,30-28-. The molecule has 0 heterocycles. The number of phosphoric ester groups is 1. The van der Waals surface area contributed by atoms with Gasteiger partial charge in [-0.15, -0.1) is 0 Å². The highest BCUT2D eigenvalue weighted by molar-refractivity contribution is 7.47. The van der Waals surface area contributed by atoms with Gasteiger partial charge in [-0.2, -0.15) is 0 Å². The lowest BCUT2D eigenvalue weighted by atomic mass is 10.1. The second kappa shape index (κ2) is 54.7. The number of ether oxygens (including phenoxy) is 3. The average molecular weight is 1040 g/mol. The smallest absolute Gasteiger partial charge is 0.462 e. The number of phosphoric acid groups is 1. The fourth-order valence-corrected chi connectivity index (χ4v) is 8.97. The molecule has 0 saturated heterocycles. The summed E-state index contributed by atoms with van der Waals surface area (Å²) in [4.78, 5) is 48.5. The lowest BCUT2D eigenvalue weighted by Crippen LogP contribution is -2.30. The first-order valence-corrected chi connectivity index (χ1v) is 31.0. The minimum atomic E-state index is -4.74. The van der Waals surface area contributed by atoms with E-state index in [0.717, 1.165) is 96.3 Å². The second-order valence-electron chi connectivity index (χ2n) is 19.8. The predicted molar refractivity (Wildman–Crippen MR) is 298 cm³/mol. The molecule has 2 N–H and O–H groups in total. The predicted octanol–water partition coefficient (Wildman–Crippen LogP) is 17.4. The number of hydrogen-bond acceptors (Lipinski definition) is 10. The zero-order chi connectivity index (χ0) is 52.7. The van der Waals surface area contributed by atoms with E-state index in [9.17, 15) is 28.9 Å². The Morgan fingerprint density at radius 2 is 0.681 bits per heavy atom. The van der Waals surface area contributed by atoms with Crippen LogP contribution in [0.4, 0.5) is 0 Å². The van der Waals surface area contributed by atoms with Gasteiger partial charge in [0, 0.05) is 19.3 Å². The van der Waals surface area contributed by atoms with Crippen molar-refractivity contribution in [3.8, 4) is 0 Å². The van der Waals surface area contributed by atoms with Crippen LogP contribution in [-0.2, 0) is 42.2 Å². The quantitative estimate of drug-likeness (QED) is 0.0197. The Labute approximate surface area is 441 Å². The maximum absolute atomic E-state index is 12.9. The molecular formula is C60H109O11P. The van der Waals surface area contributed by atoms with E-state index >= 15 is 0 Å². The molecule has 420 valence electrons. The third kappa shape index (κ3) is 52.3.